The van der Waals surface area contributed by atoms with E-state index in [0.29, 0.717) is 6.04 Å². The molecule has 1 aromatic rings. The monoisotopic (exact) mass is 289 g/mol. The molecule has 1 atom stereocenters. The van der Waals surface area contributed by atoms with Crippen molar-refractivity contribution in [3.8, 4) is 0 Å². The second-order valence-corrected chi connectivity index (χ2v) is 6.98. The molecule has 1 aromatic heterocycles. The van der Waals surface area contributed by atoms with Gasteiger partial charge < -0.3 is 10.2 Å². The molecule has 1 unspecified atom stereocenters. The highest BCUT2D eigenvalue weighted by Crippen LogP contribution is 2.26. The molecule has 118 valence electrons. The predicted octanol–water partition coefficient (Wildman–Crippen LogP) is 3.84. The third-order valence-electron chi connectivity index (χ3n) is 4.56. The first-order valence-corrected chi connectivity index (χ1v) is 8.49. The van der Waals surface area contributed by atoms with Gasteiger partial charge >= 0.3 is 0 Å². The van der Waals surface area contributed by atoms with Gasteiger partial charge in [0.15, 0.2) is 0 Å². The Hall–Kier alpha value is -1.09. The van der Waals surface area contributed by atoms with E-state index in [2.05, 4.69) is 55.0 Å². The molecular formula is C18H31N3. The summed E-state index contributed by atoms with van der Waals surface area (Å²) in [6, 6.07) is 4.92. The van der Waals surface area contributed by atoms with Crippen LogP contribution in [-0.2, 0) is 6.54 Å². The van der Waals surface area contributed by atoms with E-state index in [9.17, 15) is 0 Å². The lowest BCUT2D eigenvalue weighted by Crippen LogP contribution is -2.26. The van der Waals surface area contributed by atoms with E-state index in [1.165, 1.54) is 24.8 Å². The maximum Gasteiger partial charge on any atom is 0.128 e. The van der Waals surface area contributed by atoms with Gasteiger partial charge in [-0.1, -0.05) is 33.8 Å². The van der Waals surface area contributed by atoms with E-state index in [0.717, 1.165) is 37.3 Å². The van der Waals surface area contributed by atoms with Gasteiger partial charge in [-0.15, -0.1) is 0 Å². The predicted molar refractivity (Wildman–Crippen MR) is 90.6 cm³/mol. The molecule has 0 bridgehead atoms. The molecule has 3 heteroatoms. The fourth-order valence-corrected chi connectivity index (χ4v) is 3.05. The maximum absolute atomic E-state index is 4.68. The smallest absolute Gasteiger partial charge is 0.128 e. The van der Waals surface area contributed by atoms with Gasteiger partial charge in [0.2, 0.25) is 0 Å². The SMILES string of the molecule is CC(C)NCc1ccc(N2CCCC(C(C)C)CC2)nc1. The minimum Gasteiger partial charge on any atom is -0.357 e. The van der Waals surface area contributed by atoms with Gasteiger partial charge in [0.05, 0.1) is 0 Å². The highest BCUT2D eigenvalue weighted by Gasteiger charge is 2.20. The van der Waals surface area contributed by atoms with Crippen molar-refractivity contribution in [2.24, 2.45) is 11.8 Å². The van der Waals surface area contributed by atoms with Gasteiger partial charge in [0.25, 0.3) is 0 Å². The molecule has 2 heterocycles. The molecule has 0 saturated carbocycles. The Morgan fingerprint density at radius 3 is 2.62 bits per heavy atom. The number of nitrogens with one attached hydrogen (secondary N) is 1. The van der Waals surface area contributed by atoms with Crippen LogP contribution in [0.15, 0.2) is 18.3 Å². The van der Waals surface area contributed by atoms with Crippen molar-refractivity contribution in [1.29, 1.82) is 0 Å². The number of hydrogen-bond acceptors (Lipinski definition) is 3. The van der Waals surface area contributed by atoms with E-state index in [-0.39, 0.29) is 0 Å². The maximum atomic E-state index is 4.68. The lowest BCUT2D eigenvalue weighted by molar-refractivity contribution is 0.351. The molecule has 1 N–H and O–H groups in total. The molecule has 1 fully saturated rings. The van der Waals surface area contributed by atoms with Crippen LogP contribution in [0.5, 0.6) is 0 Å². The summed E-state index contributed by atoms with van der Waals surface area (Å²) in [7, 11) is 0. The van der Waals surface area contributed by atoms with Crippen LogP contribution in [0.2, 0.25) is 0 Å². The number of anilines is 1. The average Bonchev–Trinajstić information content (AvgIpc) is 2.71. The topological polar surface area (TPSA) is 28.2 Å². The second-order valence-electron chi connectivity index (χ2n) is 6.98. The Labute approximate surface area is 130 Å². The van der Waals surface area contributed by atoms with Crippen LogP contribution in [-0.4, -0.2) is 24.1 Å². The summed E-state index contributed by atoms with van der Waals surface area (Å²) in [6.45, 7) is 12.3. The normalized spacial score (nSPS) is 20.1. The van der Waals surface area contributed by atoms with E-state index in [1.807, 2.05) is 6.20 Å². The van der Waals surface area contributed by atoms with Crippen LogP contribution in [0.4, 0.5) is 5.82 Å². The molecule has 0 radical (unpaired) electrons. The Morgan fingerprint density at radius 2 is 2.00 bits per heavy atom. The van der Waals surface area contributed by atoms with Gasteiger partial charge in [-0.3, -0.25) is 0 Å². The van der Waals surface area contributed by atoms with Crippen molar-refractivity contribution in [2.45, 2.75) is 59.5 Å². The summed E-state index contributed by atoms with van der Waals surface area (Å²) < 4.78 is 0. The van der Waals surface area contributed by atoms with E-state index >= 15 is 0 Å². The minimum atomic E-state index is 0.517. The summed E-state index contributed by atoms with van der Waals surface area (Å²) in [5, 5.41) is 3.44. The van der Waals surface area contributed by atoms with Crippen molar-refractivity contribution < 1.29 is 0 Å². The molecule has 0 amide bonds. The summed E-state index contributed by atoms with van der Waals surface area (Å²) in [5.41, 5.74) is 1.27. The van der Waals surface area contributed by atoms with Crippen molar-refractivity contribution in [1.82, 2.24) is 10.3 Å². The Balaban J connectivity index is 1.92. The molecule has 1 aliphatic heterocycles. The first-order valence-electron chi connectivity index (χ1n) is 8.49. The molecule has 0 spiro atoms. The molecule has 0 aliphatic carbocycles. The Kier molecular flexibility index (Phi) is 6.04. The largest absolute Gasteiger partial charge is 0.357 e. The average molecular weight is 289 g/mol. The molecule has 21 heavy (non-hydrogen) atoms. The zero-order valence-corrected chi connectivity index (χ0v) is 14.1. The molecule has 0 aromatic carbocycles. The summed E-state index contributed by atoms with van der Waals surface area (Å²) in [5.74, 6) is 2.83. The van der Waals surface area contributed by atoms with Crippen molar-refractivity contribution in [3.05, 3.63) is 23.9 Å². The molecule has 1 saturated heterocycles. The van der Waals surface area contributed by atoms with Crippen LogP contribution < -0.4 is 10.2 Å². The fourth-order valence-electron chi connectivity index (χ4n) is 3.05. The van der Waals surface area contributed by atoms with Gasteiger partial charge in [0.1, 0.15) is 5.82 Å². The first-order chi connectivity index (χ1) is 10.1. The van der Waals surface area contributed by atoms with Crippen LogP contribution >= 0.6 is 0 Å². The Morgan fingerprint density at radius 1 is 1.19 bits per heavy atom. The van der Waals surface area contributed by atoms with Gasteiger partial charge in [0, 0.05) is 31.9 Å². The van der Waals surface area contributed by atoms with Crippen LogP contribution in [0.3, 0.4) is 0 Å². The quantitative estimate of drug-likeness (QED) is 0.892. The van der Waals surface area contributed by atoms with E-state index in [4.69, 9.17) is 0 Å². The molecule has 2 rings (SSSR count). The van der Waals surface area contributed by atoms with Gasteiger partial charge in [-0.25, -0.2) is 4.98 Å². The van der Waals surface area contributed by atoms with E-state index in [1.54, 1.807) is 0 Å². The zero-order chi connectivity index (χ0) is 15.2. The Bertz CT molecular complexity index is 411. The van der Waals surface area contributed by atoms with Crippen molar-refractivity contribution in [3.63, 3.8) is 0 Å². The number of aromatic nitrogens is 1. The number of hydrogen-bond donors (Lipinski definition) is 1. The summed E-state index contributed by atoms with van der Waals surface area (Å²) in [6.07, 6.45) is 5.98. The lowest BCUT2D eigenvalue weighted by Gasteiger charge is -2.22. The highest BCUT2D eigenvalue weighted by molar-refractivity contribution is 5.39. The second kappa shape index (κ2) is 7.79. The van der Waals surface area contributed by atoms with Crippen LogP contribution in [0.1, 0.15) is 52.5 Å². The third-order valence-corrected chi connectivity index (χ3v) is 4.56. The van der Waals surface area contributed by atoms with Gasteiger partial charge in [-0.05, 0) is 42.7 Å². The zero-order valence-electron chi connectivity index (χ0n) is 14.1. The molecule has 1 aliphatic rings. The number of rotatable bonds is 5. The molecular weight excluding hydrogens is 258 g/mol. The highest BCUT2D eigenvalue weighted by atomic mass is 15.2. The standard InChI is InChI=1S/C18H31N3/c1-14(2)17-6-5-10-21(11-9-17)18-8-7-16(13-20-18)12-19-15(3)4/h7-8,13-15,17,19H,5-6,9-12H2,1-4H3. The van der Waals surface area contributed by atoms with Crippen LogP contribution in [0, 0.1) is 11.8 Å². The van der Waals surface area contributed by atoms with Gasteiger partial charge in [-0.2, -0.15) is 0 Å². The minimum absolute atomic E-state index is 0.517. The number of nitrogens with zero attached hydrogens (tertiary/aromatic N) is 2. The first kappa shape index (κ1) is 16.3. The van der Waals surface area contributed by atoms with E-state index < -0.39 is 0 Å². The van der Waals surface area contributed by atoms with Crippen molar-refractivity contribution in [2.75, 3.05) is 18.0 Å². The summed E-state index contributed by atoms with van der Waals surface area (Å²) in [4.78, 5) is 7.14. The molecule has 3 nitrogen and oxygen atoms in total. The number of pyridine rings is 1. The van der Waals surface area contributed by atoms with Crippen molar-refractivity contribution >= 4 is 5.82 Å². The fraction of sp³-hybridized carbons (Fsp3) is 0.722. The lowest BCUT2D eigenvalue weighted by atomic mass is 9.89. The third kappa shape index (κ3) is 4.99. The van der Waals surface area contributed by atoms with Crippen LogP contribution in [0.25, 0.3) is 0 Å². The summed E-state index contributed by atoms with van der Waals surface area (Å²) >= 11 is 0.